The third kappa shape index (κ3) is 4.42. The normalized spacial score (nSPS) is 15.6. The number of halogens is 2. The molecule has 5 nitrogen and oxygen atoms in total. The second-order valence-corrected chi connectivity index (χ2v) is 8.98. The molecule has 1 aromatic heterocycles. The van der Waals surface area contributed by atoms with Crippen LogP contribution in [-0.2, 0) is 19.4 Å². The lowest BCUT2D eigenvalue weighted by molar-refractivity contribution is 0.287. The Morgan fingerprint density at radius 1 is 1.12 bits per heavy atom. The average molecular weight is 451 g/mol. The van der Waals surface area contributed by atoms with Crippen LogP contribution < -0.4 is 15.0 Å². The molecular formula is C26H28F2N4O. The minimum atomic E-state index is -0.572. The van der Waals surface area contributed by atoms with Crippen LogP contribution >= 0.6 is 0 Å². The van der Waals surface area contributed by atoms with Crippen LogP contribution in [0.2, 0.25) is 0 Å². The lowest BCUT2D eigenvalue weighted by Crippen LogP contribution is -2.38. The Morgan fingerprint density at radius 3 is 2.85 bits per heavy atom. The number of hydrogen-bond donors (Lipinski definition) is 1. The standard InChI is InChI=1S/C26H28F2N4O/c1-16(2)32-8-9-33-26-21(27)12-19(13-23(26)32)25-22(28)15-30-24(31-25)11-17-5-6-18-4-3-7-29-14-20(18)10-17/h5-6,10,12-13,15-16,29H,3-4,7-9,11,14H2,1-2H3. The van der Waals surface area contributed by atoms with E-state index in [1.807, 2.05) is 13.8 Å². The van der Waals surface area contributed by atoms with Crippen molar-refractivity contribution in [3.63, 3.8) is 0 Å². The molecule has 33 heavy (non-hydrogen) atoms. The van der Waals surface area contributed by atoms with Gasteiger partial charge in [-0.2, -0.15) is 0 Å². The van der Waals surface area contributed by atoms with Crippen molar-refractivity contribution in [2.45, 2.75) is 45.7 Å². The molecule has 0 atom stereocenters. The molecule has 0 aliphatic carbocycles. The maximum atomic E-state index is 14.9. The summed E-state index contributed by atoms with van der Waals surface area (Å²) in [7, 11) is 0. The van der Waals surface area contributed by atoms with Crippen molar-refractivity contribution >= 4 is 5.69 Å². The summed E-state index contributed by atoms with van der Waals surface area (Å²) < 4.78 is 35.3. The average Bonchev–Trinajstić information content (AvgIpc) is 3.05. The minimum Gasteiger partial charge on any atom is -0.486 e. The van der Waals surface area contributed by atoms with E-state index in [-0.39, 0.29) is 17.5 Å². The van der Waals surface area contributed by atoms with E-state index in [0.717, 1.165) is 31.5 Å². The summed E-state index contributed by atoms with van der Waals surface area (Å²) in [4.78, 5) is 10.8. The van der Waals surface area contributed by atoms with Gasteiger partial charge in [0.1, 0.15) is 18.1 Å². The predicted molar refractivity (Wildman–Crippen MR) is 125 cm³/mol. The molecule has 5 rings (SSSR count). The van der Waals surface area contributed by atoms with Gasteiger partial charge in [0, 0.05) is 24.6 Å². The number of benzene rings is 2. The van der Waals surface area contributed by atoms with Gasteiger partial charge in [0.05, 0.1) is 18.4 Å². The van der Waals surface area contributed by atoms with Crippen molar-refractivity contribution in [1.29, 1.82) is 0 Å². The van der Waals surface area contributed by atoms with Gasteiger partial charge in [-0.1, -0.05) is 18.2 Å². The Kier molecular flexibility index (Phi) is 5.98. The van der Waals surface area contributed by atoms with E-state index >= 15 is 0 Å². The number of nitrogens with zero attached hydrogens (tertiary/aromatic N) is 3. The van der Waals surface area contributed by atoms with E-state index in [0.29, 0.717) is 36.6 Å². The summed E-state index contributed by atoms with van der Waals surface area (Å²) in [6.45, 7) is 7.02. The molecule has 0 radical (unpaired) electrons. The molecule has 0 amide bonds. The third-order valence-corrected chi connectivity index (χ3v) is 6.35. The lowest BCUT2D eigenvalue weighted by Gasteiger charge is -2.34. The summed E-state index contributed by atoms with van der Waals surface area (Å²) in [5.74, 6) is -0.363. The summed E-state index contributed by atoms with van der Waals surface area (Å²) in [5.41, 5.74) is 4.85. The van der Waals surface area contributed by atoms with E-state index in [1.54, 1.807) is 6.07 Å². The monoisotopic (exact) mass is 450 g/mol. The zero-order chi connectivity index (χ0) is 22.9. The molecule has 0 spiro atoms. The molecule has 0 bridgehead atoms. The van der Waals surface area contributed by atoms with Gasteiger partial charge in [-0.25, -0.2) is 18.7 Å². The van der Waals surface area contributed by atoms with Crippen molar-refractivity contribution in [2.24, 2.45) is 0 Å². The highest BCUT2D eigenvalue weighted by Crippen LogP contribution is 2.39. The van der Waals surface area contributed by atoms with E-state index in [1.165, 1.54) is 23.4 Å². The van der Waals surface area contributed by atoms with E-state index in [4.69, 9.17) is 4.74 Å². The molecule has 2 aromatic carbocycles. The molecule has 172 valence electrons. The number of fused-ring (bicyclic) bond motifs is 2. The van der Waals surface area contributed by atoms with E-state index in [9.17, 15) is 8.78 Å². The Hall–Kier alpha value is -3.06. The SMILES string of the molecule is CC(C)N1CCOc2c(F)cc(-c3nc(Cc4ccc5c(c4)CNCCC5)ncc3F)cc21. The molecule has 0 fully saturated rings. The predicted octanol–water partition coefficient (Wildman–Crippen LogP) is 4.66. The van der Waals surface area contributed by atoms with Crippen molar-refractivity contribution in [3.8, 4) is 17.0 Å². The van der Waals surface area contributed by atoms with Crippen LogP contribution in [-0.4, -0.2) is 35.7 Å². The lowest BCUT2D eigenvalue weighted by atomic mass is 9.99. The zero-order valence-electron chi connectivity index (χ0n) is 19.0. The molecular weight excluding hydrogens is 422 g/mol. The van der Waals surface area contributed by atoms with Gasteiger partial charge >= 0.3 is 0 Å². The fourth-order valence-electron chi connectivity index (χ4n) is 4.67. The van der Waals surface area contributed by atoms with Gasteiger partial charge in [0.25, 0.3) is 0 Å². The van der Waals surface area contributed by atoms with Gasteiger partial charge in [-0.3, -0.25) is 0 Å². The van der Waals surface area contributed by atoms with E-state index < -0.39 is 11.6 Å². The topological polar surface area (TPSA) is 50.3 Å². The third-order valence-electron chi connectivity index (χ3n) is 6.35. The number of rotatable bonds is 4. The highest BCUT2D eigenvalue weighted by molar-refractivity contribution is 5.72. The van der Waals surface area contributed by atoms with Crippen LogP contribution in [0.25, 0.3) is 11.3 Å². The molecule has 0 saturated carbocycles. The quantitative estimate of drug-likeness (QED) is 0.627. The van der Waals surface area contributed by atoms with Crippen LogP contribution in [0, 0.1) is 11.6 Å². The first-order valence-corrected chi connectivity index (χ1v) is 11.6. The maximum Gasteiger partial charge on any atom is 0.178 e. The second kappa shape index (κ2) is 9.06. The van der Waals surface area contributed by atoms with Crippen molar-refractivity contribution in [2.75, 3.05) is 24.6 Å². The van der Waals surface area contributed by atoms with Crippen LogP contribution in [0.1, 0.15) is 42.8 Å². The van der Waals surface area contributed by atoms with E-state index in [2.05, 4.69) is 38.4 Å². The fraction of sp³-hybridized carbons (Fsp3) is 0.385. The largest absolute Gasteiger partial charge is 0.486 e. The summed E-state index contributed by atoms with van der Waals surface area (Å²) in [6.07, 6.45) is 3.86. The number of ether oxygens (including phenoxy) is 1. The molecule has 3 heterocycles. The molecule has 7 heteroatoms. The second-order valence-electron chi connectivity index (χ2n) is 8.98. The van der Waals surface area contributed by atoms with Gasteiger partial charge in [-0.15, -0.1) is 0 Å². The zero-order valence-corrected chi connectivity index (χ0v) is 19.0. The van der Waals surface area contributed by atoms with Crippen molar-refractivity contribution in [1.82, 2.24) is 15.3 Å². The van der Waals surface area contributed by atoms with Crippen LogP contribution in [0.5, 0.6) is 5.75 Å². The first-order valence-electron chi connectivity index (χ1n) is 11.6. The first kappa shape index (κ1) is 21.8. The number of aryl methyl sites for hydroxylation is 1. The highest BCUT2D eigenvalue weighted by Gasteiger charge is 2.25. The first-order chi connectivity index (χ1) is 16.0. The molecule has 0 saturated heterocycles. The fourth-order valence-corrected chi connectivity index (χ4v) is 4.67. The summed E-state index contributed by atoms with van der Waals surface area (Å²) >= 11 is 0. The smallest absolute Gasteiger partial charge is 0.178 e. The number of nitrogens with one attached hydrogen (secondary N) is 1. The maximum absolute atomic E-state index is 14.9. The minimum absolute atomic E-state index is 0.104. The number of hydrogen-bond acceptors (Lipinski definition) is 5. The van der Waals surface area contributed by atoms with Crippen LogP contribution in [0.15, 0.2) is 36.5 Å². The van der Waals surface area contributed by atoms with Gasteiger partial charge in [-0.05, 0) is 62.1 Å². The Labute approximate surface area is 192 Å². The Balaban J connectivity index is 1.48. The molecule has 2 aliphatic rings. The number of aromatic nitrogens is 2. The van der Waals surface area contributed by atoms with Gasteiger partial charge < -0.3 is 15.0 Å². The summed E-state index contributed by atoms with van der Waals surface area (Å²) in [6, 6.07) is 9.66. The highest BCUT2D eigenvalue weighted by atomic mass is 19.1. The Bertz CT molecular complexity index is 1180. The van der Waals surface area contributed by atoms with Crippen molar-refractivity contribution < 1.29 is 13.5 Å². The van der Waals surface area contributed by atoms with Gasteiger partial charge in [0.15, 0.2) is 17.4 Å². The summed E-state index contributed by atoms with van der Waals surface area (Å²) in [5, 5.41) is 3.44. The van der Waals surface area contributed by atoms with Crippen LogP contribution in [0.4, 0.5) is 14.5 Å². The van der Waals surface area contributed by atoms with Gasteiger partial charge in [0.2, 0.25) is 0 Å². The van der Waals surface area contributed by atoms with Crippen molar-refractivity contribution in [3.05, 3.63) is 70.7 Å². The molecule has 3 aromatic rings. The number of anilines is 1. The Morgan fingerprint density at radius 2 is 2.00 bits per heavy atom. The molecule has 0 unspecified atom stereocenters. The van der Waals surface area contributed by atoms with Crippen LogP contribution in [0.3, 0.4) is 0 Å². The molecule has 1 N–H and O–H groups in total. The molecule has 2 aliphatic heterocycles.